The van der Waals surface area contributed by atoms with Crippen LogP contribution in [0, 0.1) is 6.92 Å². The predicted octanol–water partition coefficient (Wildman–Crippen LogP) is 5.86. The summed E-state index contributed by atoms with van der Waals surface area (Å²) in [6, 6.07) is 24.9. The van der Waals surface area contributed by atoms with Crippen molar-refractivity contribution in [3.05, 3.63) is 125 Å². The summed E-state index contributed by atoms with van der Waals surface area (Å²) in [6.45, 7) is 1.85. The zero-order valence-electron chi connectivity index (χ0n) is 22.9. The summed E-state index contributed by atoms with van der Waals surface area (Å²) in [4.78, 5) is 51.2. The first kappa shape index (κ1) is 27.5. The molecule has 0 aliphatic heterocycles. The molecule has 0 aliphatic carbocycles. The molecule has 3 N–H and O–H groups in total. The Morgan fingerprint density at radius 3 is 2.49 bits per heavy atom. The second-order valence-electron chi connectivity index (χ2n) is 9.67. The quantitative estimate of drug-likeness (QED) is 0.203. The van der Waals surface area contributed by atoms with E-state index in [0.29, 0.717) is 28.3 Å². The summed E-state index contributed by atoms with van der Waals surface area (Å²) >= 11 is 1.25. The smallest absolute Gasteiger partial charge is 0.268 e. The molecule has 0 saturated heterocycles. The Labute approximate surface area is 250 Å². The van der Waals surface area contributed by atoms with E-state index in [-0.39, 0.29) is 23.9 Å². The fraction of sp³-hybridized carbons (Fsp3) is 0.0625. The van der Waals surface area contributed by atoms with Gasteiger partial charge in [0.1, 0.15) is 6.54 Å². The lowest BCUT2D eigenvalue weighted by molar-refractivity contribution is -0.116. The molecule has 11 heteroatoms. The number of aryl methyl sites for hydroxylation is 1. The van der Waals surface area contributed by atoms with Crippen LogP contribution in [0.2, 0.25) is 0 Å². The van der Waals surface area contributed by atoms with Gasteiger partial charge in [0.25, 0.3) is 11.5 Å². The van der Waals surface area contributed by atoms with E-state index in [1.165, 1.54) is 15.5 Å². The van der Waals surface area contributed by atoms with E-state index in [9.17, 15) is 14.4 Å². The van der Waals surface area contributed by atoms with Crippen molar-refractivity contribution in [2.24, 2.45) is 0 Å². The number of nitrogens with one attached hydrogen (secondary N) is 3. The van der Waals surface area contributed by atoms with Gasteiger partial charge in [0.2, 0.25) is 11.9 Å². The molecule has 0 bridgehead atoms. The Kier molecular flexibility index (Phi) is 7.70. The van der Waals surface area contributed by atoms with Gasteiger partial charge >= 0.3 is 0 Å². The summed E-state index contributed by atoms with van der Waals surface area (Å²) in [5.74, 6) is -0.220. The molecule has 3 heterocycles. The Bertz CT molecular complexity index is 2000. The van der Waals surface area contributed by atoms with Crippen LogP contribution in [-0.2, 0) is 11.3 Å². The molecule has 0 atom stereocenters. The van der Waals surface area contributed by atoms with Crippen molar-refractivity contribution in [3.63, 3.8) is 0 Å². The Hall–Kier alpha value is -5.68. The maximum Gasteiger partial charge on any atom is 0.268 e. The van der Waals surface area contributed by atoms with Crippen molar-refractivity contribution in [3.8, 4) is 11.3 Å². The van der Waals surface area contributed by atoms with Gasteiger partial charge in [0.05, 0.1) is 15.8 Å². The molecule has 10 nitrogen and oxygen atoms in total. The number of pyridine rings is 1. The zero-order valence-corrected chi connectivity index (χ0v) is 23.8. The number of nitrogens with zero attached hydrogens (tertiary/aromatic N) is 4. The van der Waals surface area contributed by atoms with Gasteiger partial charge in [0, 0.05) is 46.8 Å². The fourth-order valence-electron chi connectivity index (χ4n) is 4.41. The van der Waals surface area contributed by atoms with Gasteiger partial charge in [-0.25, -0.2) is 9.97 Å². The van der Waals surface area contributed by atoms with Gasteiger partial charge in [0.15, 0.2) is 0 Å². The summed E-state index contributed by atoms with van der Waals surface area (Å²) in [5.41, 5.74) is 4.65. The highest BCUT2D eigenvalue weighted by Crippen LogP contribution is 2.25. The number of aromatic nitrogens is 4. The first-order chi connectivity index (χ1) is 20.9. The van der Waals surface area contributed by atoms with Gasteiger partial charge in [-0.05, 0) is 79.2 Å². The minimum absolute atomic E-state index is 0.0942. The van der Waals surface area contributed by atoms with Crippen molar-refractivity contribution in [1.82, 2.24) is 18.9 Å². The molecule has 3 aromatic carbocycles. The third kappa shape index (κ3) is 6.31. The van der Waals surface area contributed by atoms with Crippen molar-refractivity contribution in [2.75, 3.05) is 16.0 Å². The lowest BCUT2D eigenvalue weighted by atomic mass is 10.1. The van der Waals surface area contributed by atoms with E-state index in [2.05, 4.69) is 30.9 Å². The Morgan fingerprint density at radius 2 is 1.70 bits per heavy atom. The molecule has 0 spiro atoms. The first-order valence-corrected chi connectivity index (χ1v) is 14.1. The van der Waals surface area contributed by atoms with E-state index >= 15 is 0 Å². The Balaban J connectivity index is 1.09. The van der Waals surface area contributed by atoms with Crippen LogP contribution in [0.3, 0.4) is 0 Å². The number of hydrogen-bond donors (Lipinski definition) is 3. The number of amides is 2. The topological polar surface area (TPSA) is 131 Å². The third-order valence-corrected chi connectivity index (χ3v) is 7.69. The van der Waals surface area contributed by atoms with E-state index in [1.54, 1.807) is 55.0 Å². The van der Waals surface area contributed by atoms with Crippen molar-refractivity contribution < 1.29 is 9.59 Å². The fourth-order valence-corrected chi connectivity index (χ4v) is 5.40. The number of rotatable bonds is 8. The molecule has 43 heavy (non-hydrogen) atoms. The molecule has 0 unspecified atom stereocenters. The lowest BCUT2D eigenvalue weighted by Gasteiger charge is -2.12. The molecule has 0 radical (unpaired) electrons. The average Bonchev–Trinajstić information content (AvgIpc) is 3.34. The number of carbonyl (C=O) groups excluding carboxylic acids is 2. The van der Waals surface area contributed by atoms with Crippen LogP contribution >= 0.6 is 11.5 Å². The number of benzene rings is 3. The maximum atomic E-state index is 13.0. The largest absolute Gasteiger partial charge is 0.325 e. The van der Waals surface area contributed by atoms with Gasteiger partial charge in [-0.2, -0.15) is 0 Å². The number of anilines is 4. The van der Waals surface area contributed by atoms with Gasteiger partial charge < -0.3 is 16.0 Å². The Morgan fingerprint density at radius 1 is 0.884 bits per heavy atom. The minimum Gasteiger partial charge on any atom is -0.325 e. The highest BCUT2D eigenvalue weighted by atomic mass is 32.1. The minimum atomic E-state index is -0.333. The van der Waals surface area contributed by atoms with Gasteiger partial charge in [-0.3, -0.25) is 23.3 Å². The lowest BCUT2D eigenvalue weighted by Crippen LogP contribution is -2.23. The van der Waals surface area contributed by atoms with Crippen LogP contribution in [0.15, 0.2) is 108 Å². The molecule has 212 valence electrons. The second-order valence-corrected chi connectivity index (χ2v) is 10.7. The molecule has 0 fully saturated rings. The number of hydrogen-bond acceptors (Lipinski definition) is 8. The van der Waals surface area contributed by atoms with E-state index < -0.39 is 0 Å². The van der Waals surface area contributed by atoms with Crippen molar-refractivity contribution in [2.45, 2.75) is 13.5 Å². The summed E-state index contributed by atoms with van der Waals surface area (Å²) in [6.07, 6.45) is 5.12. The first-order valence-electron chi connectivity index (χ1n) is 13.3. The summed E-state index contributed by atoms with van der Waals surface area (Å²) in [7, 11) is 0. The molecule has 6 rings (SSSR count). The molecule has 0 aliphatic rings. The average molecular weight is 588 g/mol. The van der Waals surface area contributed by atoms with Crippen molar-refractivity contribution >= 4 is 56.4 Å². The van der Waals surface area contributed by atoms with E-state index in [1.807, 2.05) is 55.5 Å². The monoisotopic (exact) mass is 587 g/mol. The second kappa shape index (κ2) is 12.0. The zero-order chi connectivity index (χ0) is 29.8. The summed E-state index contributed by atoms with van der Waals surface area (Å²) in [5, 5.41) is 9.52. The summed E-state index contributed by atoms with van der Waals surface area (Å²) < 4.78 is 2.26. The third-order valence-electron chi connectivity index (χ3n) is 6.63. The predicted molar refractivity (Wildman–Crippen MR) is 169 cm³/mol. The number of carbonyl (C=O) groups is 2. The molecule has 2 amide bonds. The molecular weight excluding hydrogens is 562 g/mol. The van der Waals surface area contributed by atoms with Crippen LogP contribution in [0.5, 0.6) is 0 Å². The molecular formula is C32H25N7O3S. The van der Waals surface area contributed by atoms with E-state index in [0.717, 1.165) is 27.2 Å². The van der Waals surface area contributed by atoms with E-state index in [4.69, 9.17) is 0 Å². The highest BCUT2D eigenvalue weighted by molar-refractivity contribution is 7.13. The standard InChI is InChI=1S/C32H25N7O3S/c1-20-8-11-24(17-27(20)38-32-34-16-14-26(37-32)22-5-4-15-33-18-22)36-30(41)21-9-12-23(13-10-21)35-29(40)19-39-31(42)25-6-2-3-7-28(25)43-39/h2-18H,19H2,1H3,(H,35,40)(H,36,41)(H,34,37,38). The van der Waals surface area contributed by atoms with Crippen LogP contribution < -0.4 is 21.5 Å². The molecule has 3 aromatic heterocycles. The van der Waals surface area contributed by atoms with Crippen LogP contribution in [0.25, 0.3) is 21.3 Å². The van der Waals surface area contributed by atoms with Crippen LogP contribution in [-0.4, -0.2) is 30.7 Å². The number of fused-ring (bicyclic) bond motifs is 1. The molecule has 6 aromatic rings. The maximum absolute atomic E-state index is 13.0. The van der Waals surface area contributed by atoms with Crippen LogP contribution in [0.1, 0.15) is 15.9 Å². The SMILES string of the molecule is Cc1ccc(NC(=O)c2ccc(NC(=O)Cn3sc4ccccc4c3=O)cc2)cc1Nc1nccc(-c2cccnc2)n1. The van der Waals surface area contributed by atoms with Gasteiger partial charge in [-0.1, -0.05) is 29.7 Å². The van der Waals surface area contributed by atoms with Crippen LogP contribution in [0.4, 0.5) is 23.0 Å². The normalized spacial score (nSPS) is 10.8. The molecule has 0 saturated carbocycles. The van der Waals surface area contributed by atoms with Crippen molar-refractivity contribution in [1.29, 1.82) is 0 Å². The highest BCUT2D eigenvalue weighted by Gasteiger charge is 2.13. The van der Waals surface area contributed by atoms with Gasteiger partial charge in [-0.15, -0.1) is 0 Å².